The van der Waals surface area contributed by atoms with Crippen molar-refractivity contribution in [2.75, 3.05) is 19.6 Å². The van der Waals surface area contributed by atoms with Crippen molar-refractivity contribution >= 4 is 0 Å². The van der Waals surface area contributed by atoms with Crippen LogP contribution in [0.25, 0.3) is 0 Å². The van der Waals surface area contributed by atoms with Gasteiger partial charge in [0.2, 0.25) is 0 Å². The Kier molecular flexibility index (Phi) is 3.33. The Morgan fingerprint density at radius 3 is 2.58 bits per heavy atom. The third kappa shape index (κ3) is 2.34. The standard InChI is InChI=1S/C16H29N3/c1-12-10-14(11-19(12)13-6-7-13)18-9-3-5-16(18)15-4-2-8-17-15/h12-17H,2-11H2,1H3. The summed E-state index contributed by atoms with van der Waals surface area (Å²) in [5, 5.41) is 3.75. The molecular formula is C16H29N3. The summed E-state index contributed by atoms with van der Waals surface area (Å²) < 4.78 is 0. The third-order valence-electron chi connectivity index (χ3n) is 5.99. The van der Waals surface area contributed by atoms with Gasteiger partial charge in [0.25, 0.3) is 0 Å². The maximum atomic E-state index is 3.75. The zero-order valence-corrected chi connectivity index (χ0v) is 12.4. The molecule has 0 aromatic heterocycles. The minimum atomic E-state index is 0.799. The molecule has 4 unspecified atom stereocenters. The number of hydrogen-bond donors (Lipinski definition) is 1. The Bertz CT molecular complexity index is 322. The molecule has 4 rings (SSSR count). The number of nitrogens with zero attached hydrogens (tertiary/aromatic N) is 2. The molecule has 3 aliphatic heterocycles. The monoisotopic (exact) mass is 263 g/mol. The van der Waals surface area contributed by atoms with Gasteiger partial charge >= 0.3 is 0 Å². The molecule has 4 fully saturated rings. The van der Waals surface area contributed by atoms with E-state index in [0.717, 1.165) is 30.2 Å². The molecule has 4 aliphatic rings. The number of nitrogens with one attached hydrogen (secondary N) is 1. The molecule has 1 aliphatic carbocycles. The fraction of sp³-hybridized carbons (Fsp3) is 1.00. The second kappa shape index (κ2) is 5.01. The highest BCUT2D eigenvalue weighted by Gasteiger charge is 2.44. The summed E-state index contributed by atoms with van der Waals surface area (Å²) in [5.74, 6) is 0. The maximum Gasteiger partial charge on any atom is 0.0253 e. The van der Waals surface area contributed by atoms with E-state index in [2.05, 4.69) is 22.0 Å². The van der Waals surface area contributed by atoms with Crippen LogP contribution in [0.1, 0.15) is 51.9 Å². The second-order valence-corrected chi connectivity index (χ2v) is 7.32. The minimum Gasteiger partial charge on any atom is -0.312 e. The van der Waals surface area contributed by atoms with E-state index in [1.54, 1.807) is 0 Å². The average molecular weight is 263 g/mol. The van der Waals surface area contributed by atoms with Gasteiger partial charge in [0.15, 0.2) is 0 Å². The van der Waals surface area contributed by atoms with Gasteiger partial charge in [-0.1, -0.05) is 0 Å². The predicted octanol–water partition coefficient (Wildman–Crippen LogP) is 1.83. The van der Waals surface area contributed by atoms with Crippen LogP contribution in [-0.4, -0.2) is 59.6 Å². The lowest BCUT2D eigenvalue weighted by Crippen LogP contribution is -2.49. The molecule has 3 heteroatoms. The van der Waals surface area contributed by atoms with Gasteiger partial charge in [0, 0.05) is 36.8 Å². The van der Waals surface area contributed by atoms with Gasteiger partial charge in [0.1, 0.15) is 0 Å². The summed E-state index contributed by atoms with van der Waals surface area (Å²) in [7, 11) is 0. The van der Waals surface area contributed by atoms with Crippen LogP contribution < -0.4 is 5.32 Å². The molecule has 1 N–H and O–H groups in total. The Morgan fingerprint density at radius 2 is 1.84 bits per heavy atom. The van der Waals surface area contributed by atoms with E-state index < -0.39 is 0 Å². The Hall–Kier alpha value is -0.120. The lowest BCUT2D eigenvalue weighted by molar-refractivity contribution is 0.150. The van der Waals surface area contributed by atoms with Crippen molar-refractivity contribution in [3.63, 3.8) is 0 Å². The van der Waals surface area contributed by atoms with Crippen LogP contribution in [0.4, 0.5) is 0 Å². The molecule has 0 radical (unpaired) electrons. The molecule has 19 heavy (non-hydrogen) atoms. The summed E-state index contributed by atoms with van der Waals surface area (Å²) in [6.45, 7) is 6.43. The van der Waals surface area contributed by atoms with Crippen LogP contribution in [0.2, 0.25) is 0 Å². The van der Waals surface area contributed by atoms with Crippen molar-refractivity contribution in [3.05, 3.63) is 0 Å². The van der Waals surface area contributed by atoms with Gasteiger partial charge in [-0.2, -0.15) is 0 Å². The van der Waals surface area contributed by atoms with Crippen LogP contribution in [-0.2, 0) is 0 Å². The predicted molar refractivity (Wildman–Crippen MR) is 78.3 cm³/mol. The number of likely N-dealkylation sites (tertiary alicyclic amines) is 2. The van der Waals surface area contributed by atoms with Gasteiger partial charge < -0.3 is 5.32 Å². The van der Waals surface area contributed by atoms with Crippen molar-refractivity contribution in [3.8, 4) is 0 Å². The average Bonchev–Trinajstić information content (AvgIpc) is 2.86. The highest BCUT2D eigenvalue weighted by atomic mass is 15.3. The largest absolute Gasteiger partial charge is 0.312 e. The normalized spacial score (nSPS) is 45.3. The zero-order chi connectivity index (χ0) is 12.8. The lowest BCUT2D eigenvalue weighted by atomic mass is 10.0. The van der Waals surface area contributed by atoms with Gasteiger partial charge in [-0.3, -0.25) is 9.80 Å². The Labute approximate surface area is 117 Å². The van der Waals surface area contributed by atoms with E-state index in [1.165, 1.54) is 64.6 Å². The van der Waals surface area contributed by atoms with Crippen LogP contribution in [0.3, 0.4) is 0 Å². The molecule has 0 aromatic rings. The summed E-state index contributed by atoms with van der Waals surface area (Å²) in [6, 6.07) is 4.28. The van der Waals surface area contributed by atoms with Crippen molar-refractivity contribution in [2.45, 2.75) is 82.1 Å². The fourth-order valence-electron chi connectivity index (χ4n) is 4.92. The Morgan fingerprint density at radius 1 is 0.947 bits per heavy atom. The van der Waals surface area contributed by atoms with Crippen LogP contribution in [0.15, 0.2) is 0 Å². The van der Waals surface area contributed by atoms with Crippen molar-refractivity contribution < 1.29 is 0 Å². The first kappa shape index (κ1) is 12.6. The molecule has 0 spiro atoms. The summed E-state index contributed by atoms with van der Waals surface area (Å²) in [6.07, 6.45) is 10.0. The first-order chi connectivity index (χ1) is 9.33. The second-order valence-electron chi connectivity index (χ2n) is 7.32. The van der Waals surface area contributed by atoms with Gasteiger partial charge in [-0.25, -0.2) is 0 Å². The van der Waals surface area contributed by atoms with Gasteiger partial charge in [-0.15, -0.1) is 0 Å². The van der Waals surface area contributed by atoms with Crippen molar-refractivity contribution in [1.82, 2.24) is 15.1 Å². The van der Waals surface area contributed by atoms with E-state index in [-0.39, 0.29) is 0 Å². The summed E-state index contributed by atoms with van der Waals surface area (Å²) in [4.78, 5) is 5.70. The fourth-order valence-corrected chi connectivity index (χ4v) is 4.92. The highest BCUT2D eigenvalue weighted by molar-refractivity contribution is 5.01. The van der Waals surface area contributed by atoms with Crippen LogP contribution in [0, 0.1) is 0 Å². The first-order valence-electron chi connectivity index (χ1n) is 8.58. The highest BCUT2D eigenvalue weighted by Crippen LogP contribution is 2.37. The molecule has 0 aromatic carbocycles. The summed E-state index contributed by atoms with van der Waals surface area (Å²) >= 11 is 0. The SMILES string of the molecule is CC1CC(N2CCCC2C2CCCN2)CN1C1CC1. The molecule has 4 atom stereocenters. The quantitative estimate of drug-likeness (QED) is 0.838. The van der Waals surface area contributed by atoms with E-state index in [1.807, 2.05) is 0 Å². The number of rotatable bonds is 3. The van der Waals surface area contributed by atoms with Crippen LogP contribution in [0.5, 0.6) is 0 Å². The zero-order valence-electron chi connectivity index (χ0n) is 12.4. The molecule has 3 saturated heterocycles. The number of hydrogen-bond acceptors (Lipinski definition) is 3. The minimum absolute atomic E-state index is 0.799. The van der Waals surface area contributed by atoms with E-state index in [4.69, 9.17) is 0 Å². The Balaban J connectivity index is 1.43. The molecule has 1 saturated carbocycles. The van der Waals surface area contributed by atoms with Crippen molar-refractivity contribution in [1.29, 1.82) is 0 Å². The third-order valence-corrected chi connectivity index (χ3v) is 5.99. The topological polar surface area (TPSA) is 18.5 Å². The molecule has 108 valence electrons. The molecular weight excluding hydrogens is 234 g/mol. The molecule has 0 bridgehead atoms. The van der Waals surface area contributed by atoms with Crippen LogP contribution >= 0.6 is 0 Å². The maximum absolute atomic E-state index is 3.75. The summed E-state index contributed by atoms with van der Waals surface area (Å²) in [5.41, 5.74) is 0. The van der Waals surface area contributed by atoms with E-state index in [0.29, 0.717) is 0 Å². The first-order valence-corrected chi connectivity index (χ1v) is 8.58. The lowest BCUT2D eigenvalue weighted by Gasteiger charge is -2.34. The molecule has 3 heterocycles. The van der Waals surface area contributed by atoms with Gasteiger partial charge in [-0.05, 0) is 65.0 Å². The molecule has 0 amide bonds. The van der Waals surface area contributed by atoms with Crippen molar-refractivity contribution in [2.24, 2.45) is 0 Å². The molecule has 3 nitrogen and oxygen atoms in total. The van der Waals surface area contributed by atoms with E-state index >= 15 is 0 Å². The van der Waals surface area contributed by atoms with Gasteiger partial charge in [0.05, 0.1) is 0 Å². The van der Waals surface area contributed by atoms with E-state index in [9.17, 15) is 0 Å². The smallest absolute Gasteiger partial charge is 0.0253 e.